The van der Waals surface area contributed by atoms with Gasteiger partial charge in [0.05, 0.1) is 4.75 Å². The molecule has 0 unspecified atom stereocenters. The Labute approximate surface area is 108 Å². The number of nitrogens with one attached hydrogen (secondary N) is 1. The van der Waals surface area contributed by atoms with E-state index in [2.05, 4.69) is 17.4 Å². The van der Waals surface area contributed by atoms with Crippen LogP contribution in [-0.2, 0) is 22.9 Å². The second-order valence-corrected chi connectivity index (χ2v) is 7.44. The first kappa shape index (κ1) is 12.1. The van der Waals surface area contributed by atoms with Crippen molar-refractivity contribution >= 4 is 10.0 Å². The Balaban J connectivity index is 1.61. The molecule has 0 aliphatic heterocycles. The topological polar surface area (TPSA) is 72.2 Å². The Kier molecular flexibility index (Phi) is 2.73. The summed E-state index contributed by atoms with van der Waals surface area (Å²) in [5.74, 6) is 0. The van der Waals surface area contributed by atoms with Gasteiger partial charge in [0, 0.05) is 12.6 Å². The molecular weight excluding hydrogens is 248 g/mol. The van der Waals surface area contributed by atoms with E-state index in [0.717, 1.165) is 12.8 Å². The molecule has 0 amide bonds. The summed E-state index contributed by atoms with van der Waals surface area (Å²) in [4.78, 5) is 0. The van der Waals surface area contributed by atoms with Crippen molar-refractivity contribution in [2.45, 2.75) is 36.5 Å². The van der Waals surface area contributed by atoms with E-state index in [1.54, 1.807) is 0 Å². The summed E-state index contributed by atoms with van der Waals surface area (Å²) in [6.07, 6.45) is 3.35. The van der Waals surface area contributed by atoms with E-state index in [9.17, 15) is 8.42 Å². The molecule has 3 rings (SSSR count). The summed E-state index contributed by atoms with van der Waals surface area (Å²) >= 11 is 0. The highest BCUT2D eigenvalue weighted by Gasteiger charge is 2.52. The van der Waals surface area contributed by atoms with Gasteiger partial charge in [-0.15, -0.1) is 0 Å². The molecule has 0 aromatic heterocycles. The number of hydrogen-bond acceptors (Lipinski definition) is 3. The van der Waals surface area contributed by atoms with Crippen molar-refractivity contribution in [2.24, 2.45) is 5.14 Å². The van der Waals surface area contributed by atoms with Gasteiger partial charge in [-0.2, -0.15) is 0 Å². The number of nitrogens with two attached hydrogens (primary N) is 1. The zero-order chi connectivity index (χ0) is 12.8. The molecule has 5 heteroatoms. The van der Waals surface area contributed by atoms with Gasteiger partial charge in [-0.1, -0.05) is 24.3 Å². The molecule has 1 aromatic carbocycles. The Bertz CT molecular complexity index is 539. The third-order valence-electron chi connectivity index (χ3n) is 4.18. The molecule has 1 fully saturated rings. The fraction of sp³-hybridized carbons (Fsp3) is 0.538. The number of rotatable bonds is 4. The van der Waals surface area contributed by atoms with Crippen LogP contribution in [0.3, 0.4) is 0 Å². The Morgan fingerprint density at radius 2 is 1.78 bits per heavy atom. The van der Waals surface area contributed by atoms with Crippen LogP contribution in [0, 0.1) is 0 Å². The number of benzene rings is 1. The van der Waals surface area contributed by atoms with Gasteiger partial charge in [0.15, 0.2) is 0 Å². The van der Waals surface area contributed by atoms with Crippen molar-refractivity contribution in [1.29, 1.82) is 0 Å². The lowest BCUT2D eigenvalue weighted by Crippen LogP contribution is -2.43. The van der Waals surface area contributed by atoms with Crippen LogP contribution in [0.15, 0.2) is 24.3 Å². The lowest BCUT2D eigenvalue weighted by Gasteiger charge is -2.17. The standard InChI is InChI=1S/C13H18N2O2S/c14-18(16,17)13(5-6-13)9-15-12-7-10-3-1-2-4-11(10)8-12/h1-4,12,15H,5-9H2,(H2,14,16,17). The molecule has 2 aliphatic rings. The quantitative estimate of drug-likeness (QED) is 0.836. The Hall–Kier alpha value is -0.910. The van der Waals surface area contributed by atoms with Gasteiger partial charge in [-0.3, -0.25) is 0 Å². The first-order valence-corrected chi connectivity index (χ1v) is 7.87. The fourth-order valence-corrected chi connectivity index (χ4v) is 3.69. The van der Waals surface area contributed by atoms with Crippen LogP contribution in [0.5, 0.6) is 0 Å². The van der Waals surface area contributed by atoms with Crippen LogP contribution in [0.1, 0.15) is 24.0 Å². The summed E-state index contributed by atoms with van der Waals surface area (Å²) in [7, 11) is -3.41. The van der Waals surface area contributed by atoms with Gasteiger partial charge in [0.25, 0.3) is 0 Å². The van der Waals surface area contributed by atoms with Crippen molar-refractivity contribution in [3.8, 4) is 0 Å². The van der Waals surface area contributed by atoms with Gasteiger partial charge in [-0.05, 0) is 36.8 Å². The Morgan fingerprint density at radius 1 is 1.22 bits per heavy atom. The van der Waals surface area contributed by atoms with Crippen molar-refractivity contribution in [3.05, 3.63) is 35.4 Å². The minimum atomic E-state index is -3.41. The minimum absolute atomic E-state index is 0.349. The van der Waals surface area contributed by atoms with Crippen molar-refractivity contribution in [2.75, 3.05) is 6.54 Å². The van der Waals surface area contributed by atoms with Crippen LogP contribution in [0.4, 0.5) is 0 Å². The average molecular weight is 266 g/mol. The van der Waals surface area contributed by atoms with Gasteiger partial charge in [0.2, 0.25) is 10.0 Å². The lowest BCUT2D eigenvalue weighted by molar-refractivity contribution is 0.507. The third kappa shape index (κ3) is 2.06. The smallest absolute Gasteiger partial charge is 0.216 e. The van der Waals surface area contributed by atoms with E-state index < -0.39 is 14.8 Å². The van der Waals surface area contributed by atoms with E-state index in [1.807, 2.05) is 12.1 Å². The van der Waals surface area contributed by atoms with Crippen molar-refractivity contribution in [3.63, 3.8) is 0 Å². The lowest BCUT2D eigenvalue weighted by atomic mass is 10.1. The van der Waals surface area contributed by atoms with E-state index in [0.29, 0.717) is 25.4 Å². The van der Waals surface area contributed by atoms with E-state index >= 15 is 0 Å². The second kappa shape index (κ2) is 4.05. The number of hydrogen-bond donors (Lipinski definition) is 2. The van der Waals surface area contributed by atoms with Gasteiger partial charge in [-0.25, -0.2) is 13.6 Å². The van der Waals surface area contributed by atoms with Gasteiger partial charge in [0.1, 0.15) is 0 Å². The Morgan fingerprint density at radius 3 is 2.22 bits per heavy atom. The molecule has 98 valence electrons. The molecule has 1 saturated carbocycles. The van der Waals surface area contributed by atoms with Crippen LogP contribution >= 0.6 is 0 Å². The van der Waals surface area contributed by atoms with E-state index in [-0.39, 0.29) is 0 Å². The molecule has 0 heterocycles. The van der Waals surface area contributed by atoms with Crippen LogP contribution in [-0.4, -0.2) is 25.8 Å². The zero-order valence-electron chi connectivity index (χ0n) is 10.2. The van der Waals surface area contributed by atoms with E-state index in [4.69, 9.17) is 5.14 Å². The molecule has 0 radical (unpaired) electrons. The van der Waals surface area contributed by atoms with E-state index in [1.165, 1.54) is 11.1 Å². The van der Waals surface area contributed by atoms with Crippen LogP contribution < -0.4 is 10.5 Å². The normalized spacial score (nSPS) is 21.8. The van der Waals surface area contributed by atoms with Gasteiger partial charge >= 0.3 is 0 Å². The van der Waals surface area contributed by atoms with Gasteiger partial charge < -0.3 is 5.32 Å². The summed E-state index contributed by atoms with van der Waals surface area (Å²) in [6.45, 7) is 0.491. The average Bonchev–Trinajstić information content (AvgIpc) is 3.00. The molecule has 0 spiro atoms. The highest BCUT2D eigenvalue weighted by atomic mass is 32.2. The van der Waals surface area contributed by atoms with Crippen LogP contribution in [0.2, 0.25) is 0 Å². The molecule has 18 heavy (non-hydrogen) atoms. The highest BCUT2D eigenvalue weighted by molar-refractivity contribution is 7.90. The summed E-state index contributed by atoms with van der Waals surface area (Å²) in [5.41, 5.74) is 2.74. The summed E-state index contributed by atoms with van der Waals surface area (Å²) in [6, 6.07) is 8.73. The molecule has 2 aliphatic carbocycles. The van der Waals surface area contributed by atoms with Crippen molar-refractivity contribution in [1.82, 2.24) is 5.32 Å². The maximum Gasteiger partial charge on any atom is 0.216 e. The fourth-order valence-electron chi connectivity index (χ4n) is 2.73. The maximum atomic E-state index is 11.5. The number of fused-ring (bicyclic) bond motifs is 1. The first-order valence-electron chi connectivity index (χ1n) is 6.33. The van der Waals surface area contributed by atoms with Crippen molar-refractivity contribution < 1.29 is 8.42 Å². The molecule has 0 atom stereocenters. The highest BCUT2D eigenvalue weighted by Crippen LogP contribution is 2.41. The predicted octanol–water partition coefficient (Wildman–Crippen LogP) is 0.565. The molecular formula is C13H18N2O2S. The maximum absolute atomic E-state index is 11.5. The second-order valence-electron chi connectivity index (χ2n) is 5.48. The third-order valence-corrected chi connectivity index (χ3v) is 5.93. The monoisotopic (exact) mass is 266 g/mol. The number of primary sulfonamides is 1. The largest absolute Gasteiger partial charge is 0.312 e. The molecule has 0 saturated heterocycles. The first-order chi connectivity index (χ1) is 8.50. The minimum Gasteiger partial charge on any atom is -0.312 e. The summed E-state index contributed by atoms with van der Waals surface area (Å²) < 4.78 is 22.3. The molecule has 1 aromatic rings. The SMILES string of the molecule is NS(=O)(=O)C1(CNC2Cc3ccccc3C2)CC1. The number of sulfonamides is 1. The molecule has 0 bridgehead atoms. The molecule has 4 nitrogen and oxygen atoms in total. The zero-order valence-corrected chi connectivity index (χ0v) is 11.0. The predicted molar refractivity (Wildman–Crippen MR) is 70.7 cm³/mol. The summed E-state index contributed by atoms with van der Waals surface area (Å²) in [5, 5.41) is 8.66. The van der Waals surface area contributed by atoms with Crippen LogP contribution in [0.25, 0.3) is 0 Å². The molecule has 3 N–H and O–H groups in total.